The van der Waals surface area contributed by atoms with E-state index in [1.165, 1.54) is 31.2 Å². The van der Waals surface area contributed by atoms with Gasteiger partial charge in [-0.3, -0.25) is 19.4 Å². The highest BCUT2D eigenvalue weighted by atomic mass is 16.2. The van der Waals surface area contributed by atoms with E-state index in [-0.39, 0.29) is 17.2 Å². The Kier molecular flexibility index (Phi) is 6.51. The normalized spacial score (nSPS) is 26.3. The quantitative estimate of drug-likeness (QED) is 0.709. The summed E-state index contributed by atoms with van der Waals surface area (Å²) in [5.41, 5.74) is 1.23. The van der Waals surface area contributed by atoms with Crippen LogP contribution in [0, 0.1) is 11.3 Å². The van der Waals surface area contributed by atoms with E-state index in [0.29, 0.717) is 12.5 Å². The van der Waals surface area contributed by atoms with Gasteiger partial charge in [0.1, 0.15) is 0 Å². The number of nitrogens with zero attached hydrogens (tertiary/aromatic N) is 4. The number of hydrogen-bond donors (Lipinski definition) is 0. The summed E-state index contributed by atoms with van der Waals surface area (Å²) in [7, 11) is 0. The van der Waals surface area contributed by atoms with Crippen molar-refractivity contribution in [2.45, 2.75) is 45.1 Å². The highest BCUT2D eigenvalue weighted by molar-refractivity contribution is 5.83. The largest absolute Gasteiger partial charge is 0.342 e. The van der Waals surface area contributed by atoms with E-state index >= 15 is 0 Å². The van der Waals surface area contributed by atoms with Gasteiger partial charge in [-0.1, -0.05) is 43.2 Å². The predicted molar refractivity (Wildman–Crippen MR) is 125 cm³/mol. The van der Waals surface area contributed by atoms with E-state index in [2.05, 4.69) is 45.0 Å². The highest BCUT2D eigenvalue weighted by Crippen LogP contribution is 2.45. The molecule has 1 aromatic carbocycles. The van der Waals surface area contributed by atoms with Gasteiger partial charge in [-0.2, -0.15) is 0 Å². The van der Waals surface area contributed by atoms with E-state index in [1.54, 1.807) is 0 Å². The maximum atomic E-state index is 13.5. The van der Waals surface area contributed by atoms with Crippen LogP contribution in [0.2, 0.25) is 0 Å². The van der Waals surface area contributed by atoms with Crippen molar-refractivity contribution in [2.75, 3.05) is 58.9 Å². The molecule has 6 nitrogen and oxygen atoms in total. The molecular formula is C26H38N4O2. The summed E-state index contributed by atoms with van der Waals surface area (Å²) in [4.78, 5) is 35.4. The molecular weight excluding hydrogens is 400 g/mol. The minimum Gasteiger partial charge on any atom is -0.342 e. The molecule has 1 atom stereocenters. The van der Waals surface area contributed by atoms with Crippen LogP contribution >= 0.6 is 0 Å². The average molecular weight is 439 g/mol. The number of benzene rings is 1. The van der Waals surface area contributed by atoms with Gasteiger partial charge in [0.25, 0.3) is 0 Å². The molecule has 0 bridgehead atoms. The third kappa shape index (κ3) is 4.58. The molecule has 1 spiro atoms. The van der Waals surface area contributed by atoms with Crippen molar-refractivity contribution >= 4 is 11.8 Å². The highest BCUT2D eigenvalue weighted by Gasteiger charge is 2.58. The van der Waals surface area contributed by atoms with Crippen molar-refractivity contribution in [2.24, 2.45) is 11.3 Å². The van der Waals surface area contributed by atoms with Crippen LogP contribution in [0.3, 0.4) is 0 Å². The third-order valence-electron chi connectivity index (χ3n) is 8.11. The molecule has 1 aromatic rings. The summed E-state index contributed by atoms with van der Waals surface area (Å²) in [6.45, 7) is 8.56. The average Bonchev–Trinajstić information content (AvgIpc) is 3.36. The molecule has 0 aromatic heterocycles. The van der Waals surface area contributed by atoms with Crippen LogP contribution in [-0.2, 0) is 16.1 Å². The van der Waals surface area contributed by atoms with Crippen molar-refractivity contribution in [1.82, 2.24) is 19.6 Å². The molecule has 174 valence electrons. The van der Waals surface area contributed by atoms with Gasteiger partial charge < -0.3 is 9.80 Å². The zero-order chi connectivity index (χ0) is 22.0. The van der Waals surface area contributed by atoms with E-state index in [0.717, 1.165) is 71.7 Å². The Morgan fingerprint density at radius 1 is 0.781 bits per heavy atom. The summed E-state index contributed by atoms with van der Waals surface area (Å²) < 4.78 is 0. The topological polar surface area (TPSA) is 47.1 Å². The Balaban J connectivity index is 1.24. The van der Waals surface area contributed by atoms with Gasteiger partial charge in [0.15, 0.2) is 0 Å². The van der Waals surface area contributed by atoms with Crippen molar-refractivity contribution in [3.05, 3.63) is 35.9 Å². The summed E-state index contributed by atoms with van der Waals surface area (Å²) in [6.07, 6.45) is 7.24. The minimum absolute atomic E-state index is 0.0200. The molecule has 4 aliphatic rings. The Hall–Kier alpha value is -1.92. The lowest BCUT2D eigenvalue weighted by molar-refractivity contribution is -0.154. The van der Waals surface area contributed by atoms with E-state index in [9.17, 15) is 9.59 Å². The Morgan fingerprint density at radius 2 is 1.44 bits per heavy atom. The zero-order valence-corrected chi connectivity index (χ0v) is 19.4. The SMILES string of the molecule is O=C(CN1CCCCCC1)N1CC2(CN(Cc3ccccc3)CC2C(=O)N2CCCC2)C1. The summed E-state index contributed by atoms with van der Waals surface area (Å²) in [5.74, 6) is 0.607. The number of likely N-dealkylation sites (tertiary alicyclic amines) is 4. The van der Waals surface area contributed by atoms with Crippen molar-refractivity contribution in [1.29, 1.82) is 0 Å². The van der Waals surface area contributed by atoms with E-state index < -0.39 is 0 Å². The lowest BCUT2D eigenvalue weighted by atomic mass is 9.71. The standard InChI is InChI=1S/C26H38N4O2/c31-24(18-27-12-6-1-2-7-13-27)30-20-26(21-30)19-28(16-22-10-4-3-5-11-22)17-23(26)25(32)29-14-8-9-15-29/h3-5,10-11,23H,1-2,6-9,12-21H2. The summed E-state index contributed by atoms with van der Waals surface area (Å²) in [5, 5.41) is 0. The second kappa shape index (κ2) is 9.52. The minimum atomic E-state index is -0.0666. The molecule has 0 N–H and O–H groups in total. The number of rotatable bonds is 5. The van der Waals surface area contributed by atoms with Crippen LogP contribution in [0.4, 0.5) is 0 Å². The second-order valence-corrected chi connectivity index (χ2v) is 10.5. The number of carbonyl (C=O) groups excluding carboxylic acids is 2. The Morgan fingerprint density at radius 3 is 2.12 bits per heavy atom. The first-order valence-corrected chi connectivity index (χ1v) is 12.7. The Labute approximate surface area is 192 Å². The van der Waals surface area contributed by atoms with Crippen molar-refractivity contribution in [3.8, 4) is 0 Å². The predicted octanol–water partition coefficient (Wildman–Crippen LogP) is 2.45. The van der Waals surface area contributed by atoms with Crippen LogP contribution in [0.5, 0.6) is 0 Å². The van der Waals surface area contributed by atoms with E-state index in [4.69, 9.17) is 0 Å². The number of carbonyl (C=O) groups is 2. The fourth-order valence-electron chi connectivity index (χ4n) is 6.33. The zero-order valence-electron chi connectivity index (χ0n) is 19.4. The van der Waals surface area contributed by atoms with Gasteiger partial charge in [0.2, 0.25) is 11.8 Å². The summed E-state index contributed by atoms with van der Waals surface area (Å²) in [6, 6.07) is 10.6. The van der Waals surface area contributed by atoms with Gasteiger partial charge in [-0.15, -0.1) is 0 Å². The van der Waals surface area contributed by atoms with Gasteiger partial charge in [0.05, 0.1) is 12.5 Å². The molecule has 6 heteroatoms. The molecule has 5 rings (SSSR count). The summed E-state index contributed by atoms with van der Waals surface area (Å²) >= 11 is 0. The number of hydrogen-bond acceptors (Lipinski definition) is 4. The first-order valence-electron chi connectivity index (χ1n) is 12.7. The maximum Gasteiger partial charge on any atom is 0.236 e. The molecule has 0 saturated carbocycles. The molecule has 4 aliphatic heterocycles. The first kappa shape index (κ1) is 21.9. The smallest absolute Gasteiger partial charge is 0.236 e. The molecule has 0 radical (unpaired) electrons. The van der Waals surface area contributed by atoms with Crippen LogP contribution in [-0.4, -0.2) is 90.3 Å². The molecule has 32 heavy (non-hydrogen) atoms. The van der Waals surface area contributed by atoms with Crippen LogP contribution in [0.1, 0.15) is 44.1 Å². The van der Waals surface area contributed by atoms with Gasteiger partial charge in [0, 0.05) is 51.2 Å². The lowest BCUT2D eigenvalue weighted by Crippen LogP contribution is -2.65. The van der Waals surface area contributed by atoms with Gasteiger partial charge in [-0.05, 0) is 44.3 Å². The monoisotopic (exact) mass is 438 g/mol. The van der Waals surface area contributed by atoms with Crippen LogP contribution in [0.15, 0.2) is 30.3 Å². The maximum absolute atomic E-state index is 13.5. The molecule has 1 unspecified atom stereocenters. The molecule has 4 saturated heterocycles. The Bertz CT molecular complexity index is 793. The van der Waals surface area contributed by atoms with Crippen molar-refractivity contribution < 1.29 is 9.59 Å². The number of amides is 2. The van der Waals surface area contributed by atoms with Crippen LogP contribution < -0.4 is 0 Å². The fourth-order valence-corrected chi connectivity index (χ4v) is 6.33. The molecule has 2 amide bonds. The molecule has 4 heterocycles. The fraction of sp³-hybridized carbons (Fsp3) is 0.692. The second-order valence-electron chi connectivity index (χ2n) is 10.5. The molecule has 4 fully saturated rings. The third-order valence-corrected chi connectivity index (χ3v) is 8.11. The van der Waals surface area contributed by atoms with Crippen LogP contribution in [0.25, 0.3) is 0 Å². The molecule has 0 aliphatic carbocycles. The first-order chi connectivity index (χ1) is 15.6. The van der Waals surface area contributed by atoms with Crippen molar-refractivity contribution in [3.63, 3.8) is 0 Å². The lowest BCUT2D eigenvalue weighted by Gasteiger charge is -2.51. The van der Waals surface area contributed by atoms with E-state index in [1.807, 2.05) is 4.90 Å². The van der Waals surface area contributed by atoms with Gasteiger partial charge in [-0.25, -0.2) is 0 Å². The van der Waals surface area contributed by atoms with Gasteiger partial charge >= 0.3 is 0 Å².